The van der Waals surface area contributed by atoms with E-state index < -0.39 is 5.60 Å². The quantitative estimate of drug-likeness (QED) is 0.743. The summed E-state index contributed by atoms with van der Waals surface area (Å²) in [4.78, 5) is 0. The van der Waals surface area contributed by atoms with Crippen LogP contribution in [0.1, 0.15) is 31.9 Å². The summed E-state index contributed by atoms with van der Waals surface area (Å²) in [5.41, 5.74) is 2.10. The van der Waals surface area contributed by atoms with Crippen molar-refractivity contribution in [1.29, 1.82) is 0 Å². The number of nitrogens with one attached hydrogen (secondary N) is 1. The van der Waals surface area contributed by atoms with Crippen LogP contribution in [0.25, 0.3) is 0 Å². The van der Waals surface area contributed by atoms with E-state index in [1.807, 2.05) is 20.8 Å². The maximum absolute atomic E-state index is 10.1. The highest BCUT2D eigenvalue weighted by molar-refractivity contribution is 5.25. The third-order valence-corrected chi connectivity index (χ3v) is 3.56. The average molecular weight is 235 g/mol. The maximum Gasteiger partial charge on any atom is 0.0766 e. The molecule has 0 aromatic heterocycles. The van der Waals surface area contributed by atoms with E-state index in [0.717, 1.165) is 13.0 Å². The van der Waals surface area contributed by atoms with Crippen molar-refractivity contribution >= 4 is 0 Å². The van der Waals surface area contributed by atoms with Crippen LogP contribution in [0.15, 0.2) is 24.3 Å². The molecule has 0 bridgehead atoms. The van der Waals surface area contributed by atoms with Crippen LogP contribution in [0.5, 0.6) is 0 Å². The molecule has 1 atom stereocenters. The molecular formula is C15H25NO. The average Bonchev–Trinajstić information content (AvgIpc) is 2.26. The smallest absolute Gasteiger partial charge is 0.0766 e. The molecule has 17 heavy (non-hydrogen) atoms. The standard InChI is InChI=1S/C15H25NO/c1-12(2)15(4,17)11-16-10-9-14-8-6-5-7-13(14)3/h5-8,12,16-17H,9-11H2,1-4H3. The molecule has 0 aliphatic carbocycles. The Balaban J connectivity index is 2.32. The number of benzene rings is 1. The van der Waals surface area contributed by atoms with Crippen molar-refractivity contribution in [2.75, 3.05) is 13.1 Å². The summed E-state index contributed by atoms with van der Waals surface area (Å²) in [5, 5.41) is 13.4. The van der Waals surface area contributed by atoms with Crippen LogP contribution >= 0.6 is 0 Å². The first-order chi connectivity index (χ1) is 7.93. The first kappa shape index (κ1) is 14.2. The van der Waals surface area contributed by atoms with Gasteiger partial charge in [-0.15, -0.1) is 0 Å². The van der Waals surface area contributed by atoms with Gasteiger partial charge in [-0.25, -0.2) is 0 Å². The number of rotatable bonds is 6. The zero-order valence-corrected chi connectivity index (χ0v) is 11.5. The van der Waals surface area contributed by atoms with Crippen molar-refractivity contribution in [3.63, 3.8) is 0 Å². The van der Waals surface area contributed by atoms with Gasteiger partial charge >= 0.3 is 0 Å². The Morgan fingerprint density at radius 2 is 1.94 bits per heavy atom. The van der Waals surface area contributed by atoms with Crippen LogP contribution in [0.3, 0.4) is 0 Å². The van der Waals surface area contributed by atoms with Gasteiger partial charge in [0.2, 0.25) is 0 Å². The van der Waals surface area contributed by atoms with E-state index >= 15 is 0 Å². The van der Waals surface area contributed by atoms with E-state index in [9.17, 15) is 5.11 Å². The van der Waals surface area contributed by atoms with Crippen LogP contribution in [0.4, 0.5) is 0 Å². The minimum atomic E-state index is -0.619. The van der Waals surface area contributed by atoms with E-state index in [1.54, 1.807) is 0 Å². The van der Waals surface area contributed by atoms with E-state index in [0.29, 0.717) is 6.54 Å². The Morgan fingerprint density at radius 1 is 1.29 bits per heavy atom. The van der Waals surface area contributed by atoms with Gasteiger partial charge < -0.3 is 10.4 Å². The Hall–Kier alpha value is -0.860. The Morgan fingerprint density at radius 3 is 2.53 bits per heavy atom. The molecule has 0 fully saturated rings. The van der Waals surface area contributed by atoms with Gasteiger partial charge in [-0.1, -0.05) is 38.1 Å². The fourth-order valence-electron chi connectivity index (χ4n) is 1.66. The largest absolute Gasteiger partial charge is 0.389 e. The molecule has 2 heteroatoms. The third kappa shape index (κ3) is 4.49. The van der Waals surface area contributed by atoms with Gasteiger partial charge in [0.1, 0.15) is 0 Å². The number of aryl methyl sites for hydroxylation is 1. The van der Waals surface area contributed by atoms with E-state index in [1.165, 1.54) is 11.1 Å². The van der Waals surface area contributed by atoms with Crippen LogP contribution < -0.4 is 5.32 Å². The maximum atomic E-state index is 10.1. The van der Waals surface area contributed by atoms with Crippen molar-refractivity contribution in [2.24, 2.45) is 5.92 Å². The summed E-state index contributed by atoms with van der Waals surface area (Å²) in [7, 11) is 0. The molecule has 0 aliphatic heterocycles. The first-order valence-electron chi connectivity index (χ1n) is 6.41. The van der Waals surface area contributed by atoms with Crippen molar-refractivity contribution in [3.05, 3.63) is 35.4 Å². The predicted octanol–water partition coefficient (Wildman–Crippen LogP) is 2.53. The molecule has 0 saturated carbocycles. The zero-order valence-electron chi connectivity index (χ0n) is 11.5. The molecule has 96 valence electrons. The lowest BCUT2D eigenvalue weighted by Crippen LogP contribution is -2.42. The molecule has 1 rings (SSSR count). The van der Waals surface area contributed by atoms with E-state index in [4.69, 9.17) is 0 Å². The highest BCUT2D eigenvalue weighted by Gasteiger charge is 2.23. The number of hydrogen-bond acceptors (Lipinski definition) is 2. The van der Waals surface area contributed by atoms with E-state index in [2.05, 4.69) is 36.5 Å². The van der Waals surface area contributed by atoms with Crippen molar-refractivity contribution < 1.29 is 5.11 Å². The van der Waals surface area contributed by atoms with Crippen molar-refractivity contribution in [3.8, 4) is 0 Å². The van der Waals surface area contributed by atoms with Gasteiger partial charge in [0, 0.05) is 6.54 Å². The molecule has 1 aromatic carbocycles. The fourth-order valence-corrected chi connectivity index (χ4v) is 1.66. The second-order valence-electron chi connectivity index (χ2n) is 5.37. The first-order valence-corrected chi connectivity index (χ1v) is 6.41. The molecule has 1 aromatic rings. The fraction of sp³-hybridized carbons (Fsp3) is 0.600. The van der Waals surface area contributed by atoms with Crippen LogP contribution in [-0.4, -0.2) is 23.8 Å². The SMILES string of the molecule is Cc1ccccc1CCNCC(C)(O)C(C)C. The van der Waals surface area contributed by atoms with Gasteiger partial charge in [-0.2, -0.15) is 0 Å². The number of hydrogen-bond donors (Lipinski definition) is 2. The summed E-state index contributed by atoms with van der Waals surface area (Å²) in [6.07, 6.45) is 1.01. The van der Waals surface area contributed by atoms with Crippen molar-refractivity contribution in [1.82, 2.24) is 5.32 Å². The van der Waals surface area contributed by atoms with Gasteiger partial charge in [0.15, 0.2) is 0 Å². The van der Waals surface area contributed by atoms with Crippen molar-refractivity contribution in [2.45, 2.75) is 39.7 Å². The lowest BCUT2D eigenvalue weighted by molar-refractivity contribution is 0.0145. The van der Waals surface area contributed by atoms with Gasteiger partial charge in [-0.3, -0.25) is 0 Å². The molecule has 0 aliphatic rings. The van der Waals surface area contributed by atoms with Crippen LogP contribution in [0, 0.1) is 12.8 Å². The zero-order chi connectivity index (χ0) is 12.9. The van der Waals surface area contributed by atoms with E-state index in [-0.39, 0.29) is 5.92 Å². The summed E-state index contributed by atoms with van der Waals surface area (Å²) < 4.78 is 0. The lowest BCUT2D eigenvalue weighted by atomic mass is 9.92. The lowest BCUT2D eigenvalue weighted by Gasteiger charge is -2.28. The highest BCUT2D eigenvalue weighted by Crippen LogP contribution is 2.14. The number of aliphatic hydroxyl groups is 1. The summed E-state index contributed by atoms with van der Waals surface area (Å²) >= 11 is 0. The summed E-state index contributed by atoms with van der Waals surface area (Å²) in [5.74, 6) is 0.272. The Bertz CT molecular complexity index is 345. The monoisotopic (exact) mass is 235 g/mol. The highest BCUT2D eigenvalue weighted by atomic mass is 16.3. The molecule has 2 N–H and O–H groups in total. The molecule has 0 saturated heterocycles. The molecule has 0 spiro atoms. The van der Waals surface area contributed by atoms with Crippen LogP contribution in [-0.2, 0) is 6.42 Å². The third-order valence-electron chi connectivity index (χ3n) is 3.56. The molecule has 2 nitrogen and oxygen atoms in total. The predicted molar refractivity (Wildman–Crippen MR) is 73.2 cm³/mol. The summed E-state index contributed by atoms with van der Waals surface area (Å²) in [6, 6.07) is 8.44. The Kier molecular flexibility index (Phi) is 5.16. The normalized spacial score (nSPS) is 14.9. The minimum Gasteiger partial charge on any atom is -0.389 e. The molecule has 0 radical (unpaired) electrons. The second kappa shape index (κ2) is 6.18. The summed E-state index contributed by atoms with van der Waals surface area (Å²) in [6.45, 7) is 9.67. The van der Waals surface area contributed by atoms with Gasteiger partial charge in [0.05, 0.1) is 5.60 Å². The second-order valence-corrected chi connectivity index (χ2v) is 5.37. The van der Waals surface area contributed by atoms with Gasteiger partial charge in [-0.05, 0) is 43.9 Å². The minimum absolute atomic E-state index is 0.272. The molecule has 0 heterocycles. The molecule has 0 amide bonds. The van der Waals surface area contributed by atoms with Crippen LogP contribution in [0.2, 0.25) is 0 Å². The van der Waals surface area contributed by atoms with Gasteiger partial charge in [0.25, 0.3) is 0 Å². The molecule has 1 unspecified atom stereocenters. The molecular weight excluding hydrogens is 210 g/mol. The Labute approximate surface area is 105 Å². The topological polar surface area (TPSA) is 32.3 Å².